The Labute approximate surface area is 153 Å². The van der Waals surface area contributed by atoms with E-state index in [0.29, 0.717) is 27.6 Å². The maximum atomic E-state index is 14.7. The Hall–Kier alpha value is -2.73. The van der Waals surface area contributed by atoms with Gasteiger partial charge in [-0.15, -0.1) is 0 Å². The van der Waals surface area contributed by atoms with E-state index in [1.807, 2.05) is 12.1 Å². The zero-order chi connectivity index (χ0) is 18.0. The lowest BCUT2D eigenvalue weighted by Crippen LogP contribution is -2.39. The molecule has 0 unspecified atom stereocenters. The summed E-state index contributed by atoms with van der Waals surface area (Å²) in [6.07, 6.45) is 0. The number of amidine groups is 1. The van der Waals surface area contributed by atoms with Crippen LogP contribution in [0.15, 0.2) is 59.1 Å². The zero-order valence-corrected chi connectivity index (χ0v) is 14.6. The number of amides is 1. The second-order valence-electron chi connectivity index (χ2n) is 6.42. The molecule has 26 heavy (non-hydrogen) atoms. The summed E-state index contributed by atoms with van der Waals surface area (Å²) in [5.74, 6) is -0.784. The van der Waals surface area contributed by atoms with Crippen LogP contribution in [0, 0.1) is 5.82 Å². The number of hydrogen-bond donors (Lipinski definition) is 0. The van der Waals surface area contributed by atoms with Crippen LogP contribution in [-0.2, 0) is 4.79 Å². The minimum Gasteiger partial charge on any atom is -0.289 e. The number of nitrogens with zero attached hydrogens (tertiary/aromatic N) is 2. The molecule has 0 bridgehead atoms. The molecular weight excluding hydrogens is 351 g/mol. The predicted molar refractivity (Wildman–Crippen MR) is 98.2 cm³/mol. The zero-order valence-electron chi connectivity index (χ0n) is 13.8. The summed E-state index contributed by atoms with van der Waals surface area (Å²) in [5, 5.41) is 0.215. The molecular formula is C20H13FN2O2S. The highest BCUT2D eigenvalue weighted by Gasteiger charge is 2.49. The second-order valence-corrected chi connectivity index (χ2v) is 7.73. The van der Waals surface area contributed by atoms with Crippen LogP contribution in [0.2, 0.25) is 0 Å². The van der Waals surface area contributed by atoms with Gasteiger partial charge < -0.3 is 0 Å². The van der Waals surface area contributed by atoms with Crippen LogP contribution in [-0.4, -0.2) is 27.0 Å². The Morgan fingerprint density at radius 3 is 2.50 bits per heavy atom. The third kappa shape index (κ3) is 1.93. The van der Waals surface area contributed by atoms with Crippen LogP contribution in [0.3, 0.4) is 0 Å². The number of fused-ring (bicyclic) bond motifs is 3. The van der Waals surface area contributed by atoms with E-state index >= 15 is 0 Å². The number of aliphatic imine (C=N–C) groups is 1. The second kappa shape index (κ2) is 5.38. The number of Topliss-reactive ketones (excluding diaryl/α,β-unsaturated/α-hetero) is 1. The molecule has 0 N–H and O–H groups in total. The molecule has 1 fully saturated rings. The van der Waals surface area contributed by atoms with E-state index in [0.717, 1.165) is 5.56 Å². The minimum atomic E-state index is -0.788. The molecule has 4 nitrogen and oxygen atoms in total. The van der Waals surface area contributed by atoms with Gasteiger partial charge in [0.05, 0.1) is 22.6 Å². The third-order valence-corrected chi connectivity index (χ3v) is 5.99. The van der Waals surface area contributed by atoms with Crippen molar-refractivity contribution in [1.29, 1.82) is 0 Å². The summed E-state index contributed by atoms with van der Waals surface area (Å²) >= 11 is 1.35. The SMILES string of the molecule is C[C@@H]1SC2=NC3=C(C(=O)c4ccccc43)[C@@H](c3ccccc3F)N2C1=O. The quantitative estimate of drug-likeness (QED) is 0.773. The standard InChI is InChI=1S/C20H13FN2O2S/c1-10-19(25)23-17(13-8-4-5-9-14(13)21)15-16(22-20(23)26-10)11-6-2-3-7-12(11)18(15)24/h2-10,17H,1H3/t10-,17+/m0/s1. The van der Waals surface area contributed by atoms with Gasteiger partial charge in [-0.2, -0.15) is 0 Å². The van der Waals surface area contributed by atoms with E-state index in [4.69, 9.17) is 0 Å². The van der Waals surface area contributed by atoms with E-state index in [-0.39, 0.29) is 16.9 Å². The van der Waals surface area contributed by atoms with Crippen molar-refractivity contribution >= 4 is 34.3 Å². The van der Waals surface area contributed by atoms with Gasteiger partial charge in [-0.3, -0.25) is 14.5 Å². The summed E-state index contributed by atoms with van der Waals surface area (Å²) < 4.78 is 14.7. The lowest BCUT2D eigenvalue weighted by molar-refractivity contribution is -0.127. The number of benzene rings is 2. The molecule has 0 saturated carbocycles. The maximum absolute atomic E-state index is 14.7. The molecule has 2 aliphatic heterocycles. The first kappa shape index (κ1) is 15.5. The fraction of sp³-hybridized carbons (Fsp3) is 0.150. The first-order valence-electron chi connectivity index (χ1n) is 8.29. The normalized spacial score (nSPS) is 23.8. The molecule has 6 heteroatoms. The molecule has 5 rings (SSSR count). The van der Waals surface area contributed by atoms with E-state index in [1.165, 1.54) is 22.7 Å². The van der Waals surface area contributed by atoms with Crippen LogP contribution >= 0.6 is 11.8 Å². The van der Waals surface area contributed by atoms with Gasteiger partial charge in [-0.1, -0.05) is 54.2 Å². The fourth-order valence-corrected chi connectivity index (χ4v) is 4.73. The number of hydrogen-bond acceptors (Lipinski definition) is 4. The Morgan fingerprint density at radius 2 is 1.73 bits per heavy atom. The smallest absolute Gasteiger partial charge is 0.242 e. The number of rotatable bonds is 1. The van der Waals surface area contributed by atoms with Gasteiger partial charge in [0.15, 0.2) is 11.0 Å². The number of carbonyl (C=O) groups excluding carboxylic acids is 2. The molecule has 1 aliphatic carbocycles. The van der Waals surface area contributed by atoms with Gasteiger partial charge in [-0.25, -0.2) is 9.38 Å². The summed E-state index contributed by atoms with van der Waals surface area (Å²) in [6, 6.07) is 12.7. The average Bonchev–Trinajstić information content (AvgIpc) is 3.09. The van der Waals surface area contributed by atoms with Crippen molar-refractivity contribution in [2.24, 2.45) is 4.99 Å². The molecule has 1 saturated heterocycles. The first-order valence-corrected chi connectivity index (χ1v) is 9.17. The van der Waals surface area contributed by atoms with Gasteiger partial charge >= 0.3 is 0 Å². The average molecular weight is 364 g/mol. The third-order valence-electron chi connectivity index (χ3n) is 4.94. The van der Waals surface area contributed by atoms with Crippen molar-refractivity contribution < 1.29 is 14.0 Å². The maximum Gasteiger partial charge on any atom is 0.242 e. The van der Waals surface area contributed by atoms with Crippen LogP contribution in [0.25, 0.3) is 5.70 Å². The van der Waals surface area contributed by atoms with Gasteiger partial charge in [-0.05, 0) is 13.0 Å². The Kier molecular flexibility index (Phi) is 3.21. The van der Waals surface area contributed by atoms with Crippen LogP contribution < -0.4 is 0 Å². The topological polar surface area (TPSA) is 49.7 Å². The van der Waals surface area contributed by atoms with Crippen molar-refractivity contribution in [3.63, 3.8) is 0 Å². The van der Waals surface area contributed by atoms with Crippen LogP contribution in [0.4, 0.5) is 4.39 Å². The molecule has 2 aromatic carbocycles. The Morgan fingerprint density at radius 1 is 1.04 bits per heavy atom. The highest BCUT2D eigenvalue weighted by atomic mass is 32.2. The van der Waals surface area contributed by atoms with Gasteiger partial charge in [0, 0.05) is 16.7 Å². The molecule has 2 heterocycles. The number of ketones is 1. The summed E-state index contributed by atoms with van der Waals surface area (Å²) in [5.41, 5.74) is 2.54. The predicted octanol–water partition coefficient (Wildman–Crippen LogP) is 3.81. The highest BCUT2D eigenvalue weighted by molar-refractivity contribution is 8.15. The summed E-state index contributed by atoms with van der Waals surface area (Å²) in [6.45, 7) is 1.80. The molecule has 128 valence electrons. The van der Waals surface area contributed by atoms with Gasteiger partial charge in [0.2, 0.25) is 5.91 Å². The molecule has 3 aliphatic rings. The molecule has 0 spiro atoms. The van der Waals surface area contributed by atoms with Crippen molar-refractivity contribution in [2.45, 2.75) is 18.2 Å². The van der Waals surface area contributed by atoms with Crippen molar-refractivity contribution in [1.82, 2.24) is 4.90 Å². The number of carbonyl (C=O) groups is 2. The summed E-state index contributed by atoms with van der Waals surface area (Å²) in [7, 11) is 0. The van der Waals surface area contributed by atoms with Crippen LogP contribution in [0.1, 0.15) is 34.5 Å². The number of halogens is 1. The largest absolute Gasteiger partial charge is 0.289 e. The highest BCUT2D eigenvalue weighted by Crippen LogP contribution is 2.49. The van der Waals surface area contributed by atoms with Crippen LogP contribution in [0.5, 0.6) is 0 Å². The van der Waals surface area contributed by atoms with Crippen molar-refractivity contribution in [3.8, 4) is 0 Å². The molecule has 2 aromatic rings. The lowest BCUT2D eigenvalue weighted by Gasteiger charge is -2.32. The first-order chi connectivity index (χ1) is 12.6. The van der Waals surface area contributed by atoms with E-state index in [9.17, 15) is 14.0 Å². The van der Waals surface area contributed by atoms with E-state index < -0.39 is 11.9 Å². The number of thioether (sulfide) groups is 1. The molecule has 0 radical (unpaired) electrons. The van der Waals surface area contributed by atoms with Gasteiger partial charge in [0.25, 0.3) is 0 Å². The fourth-order valence-electron chi connectivity index (χ4n) is 3.75. The Balaban J connectivity index is 1.79. The lowest BCUT2D eigenvalue weighted by atomic mass is 9.92. The van der Waals surface area contributed by atoms with E-state index in [2.05, 4.69) is 4.99 Å². The molecule has 1 amide bonds. The van der Waals surface area contributed by atoms with Crippen molar-refractivity contribution in [2.75, 3.05) is 0 Å². The monoisotopic (exact) mass is 364 g/mol. The molecule has 0 aromatic heterocycles. The Bertz CT molecular complexity index is 1060. The summed E-state index contributed by atoms with van der Waals surface area (Å²) in [4.78, 5) is 32.0. The van der Waals surface area contributed by atoms with Crippen molar-refractivity contribution in [3.05, 3.63) is 76.6 Å². The van der Waals surface area contributed by atoms with E-state index in [1.54, 1.807) is 37.3 Å². The minimum absolute atomic E-state index is 0.155. The molecule has 2 atom stereocenters. The van der Waals surface area contributed by atoms with Gasteiger partial charge in [0.1, 0.15) is 5.82 Å².